The van der Waals surface area contributed by atoms with E-state index in [0.29, 0.717) is 0 Å². The molecule has 0 amide bonds. The van der Waals surface area contributed by atoms with E-state index in [9.17, 15) is 43.9 Å². The third-order valence-corrected chi connectivity index (χ3v) is 1.11. The minimum Gasteiger partial charge on any atom is -1.00 e. The van der Waals surface area contributed by atoms with Gasteiger partial charge in [-0.2, -0.15) is 43.9 Å². The number of rotatable bonds is 1. The van der Waals surface area contributed by atoms with E-state index in [0.717, 1.165) is 0 Å². The maximum absolute atomic E-state index is 11.6. The molecule has 0 N–H and O–H groups in total. The summed E-state index contributed by atoms with van der Waals surface area (Å²) in [7, 11) is 0. The van der Waals surface area contributed by atoms with Crippen LogP contribution in [0.2, 0.25) is 0 Å². The Labute approximate surface area is 136 Å². The Morgan fingerprint density at radius 3 is 0.667 bits per heavy atom. The van der Waals surface area contributed by atoms with E-state index in [4.69, 9.17) is 0 Å². The molecule has 0 aromatic heterocycles. The fraction of sp³-hybridized carbons (Fsp3) is 1.00. The molecule has 88 valence electrons. The summed E-state index contributed by atoms with van der Waals surface area (Å²) in [6.07, 6.45) is -13.9. The van der Waals surface area contributed by atoms with Crippen molar-refractivity contribution in [2.45, 2.75) is 24.2 Å². The molecule has 15 heavy (non-hydrogen) atoms. The number of hydrogen-bond donors (Lipinski definition) is 0. The molecule has 0 aliphatic rings. The zero-order chi connectivity index (χ0) is 12.0. The van der Waals surface area contributed by atoms with Crippen LogP contribution in [0.25, 0.3) is 0 Å². The van der Waals surface area contributed by atoms with Crippen LogP contribution >= 0.6 is 0 Å². The molecule has 0 heterocycles. The fourth-order valence-corrected chi connectivity index (χ4v) is 0.356. The van der Waals surface area contributed by atoms with Crippen molar-refractivity contribution in [1.29, 1.82) is 0 Å². The molecule has 0 spiro atoms. The van der Waals surface area contributed by atoms with E-state index >= 15 is 0 Å². The van der Waals surface area contributed by atoms with E-state index in [1.54, 1.807) is 0 Å². The first-order valence-corrected chi connectivity index (χ1v) is 2.64. The smallest absolute Gasteiger partial charge is 1.00 e. The Hall–Kier alpha value is 1.35. The van der Waals surface area contributed by atoms with Crippen LogP contribution in [0.4, 0.5) is 43.9 Å². The van der Waals surface area contributed by atoms with E-state index < -0.39 is 24.2 Å². The number of alkyl halides is 10. The van der Waals surface area contributed by atoms with Gasteiger partial charge >= 0.3 is 93.1 Å². The summed E-state index contributed by atoms with van der Waals surface area (Å²) in [5.74, 6) is -14.3. The molecule has 0 aromatic carbocycles. The van der Waals surface area contributed by atoms with Crippen LogP contribution in [0.1, 0.15) is 1.43 Å². The number of hydrogen-bond acceptors (Lipinski definition) is 0. The molecule has 0 atom stereocenters. The Kier molecular flexibility index (Phi) is 6.14. The third kappa shape index (κ3) is 3.40. The second-order valence-corrected chi connectivity index (χ2v) is 2.14. The summed E-state index contributed by atoms with van der Waals surface area (Å²) in [5.41, 5.74) is 0. The van der Waals surface area contributed by atoms with E-state index in [-0.39, 0.29) is 70.3 Å². The maximum Gasteiger partial charge on any atom is 1.00 e. The first-order valence-electron chi connectivity index (χ1n) is 2.64. The first kappa shape index (κ1) is 18.7. The molecule has 0 aliphatic carbocycles. The molecule has 0 rings (SSSR count). The van der Waals surface area contributed by atoms with Crippen molar-refractivity contribution in [3.63, 3.8) is 0 Å². The molecule has 11 heteroatoms. The van der Waals surface area contributed by atoms with Gasteiger partial charge in [0.25, 0.3) is 0 Å². The summed E-state index contributed by atoms with van der Waals surface area (Å²) >= 11 is 0. The molecular formula is C4HCsF10. The van der Waals surface area contributed by atoms with Crippen LogP contribution < -0.4 is 68.9 Å². The normalized spacial score (nSPS) is 14.8. The van der Waals surface area contributed by atoms with Crippen LogP contribution in [0.3, 0.4) is 0 Å². The molecule has 0 saturated carbocycles. The monoisotopic (exact) mass is 372 g/mol. The van der Waals surface area contributed by atoms with Gasteiger partial charge in [0.15, 0.2) is 0 Å². The van der Waals surface area contributed by atoms with Gasteiger partial charge in [0.05, 0.1) is 0 Å². The summed E-state index contributed by atoms with van der Waals surface area (Å²) < 4.78 is 113. The van der Waals surface area contributed by atoms with Crippen molar-refractivity contribution >= 4 is 0 Å². The Morgan fingerprint density at radius 2 is 0.600 bits per heavy atom. The molecular weight excluding hydrogens is 371 g/mol. The minimum absolute atomic E-state index is 0. The van der Waals surface area contributed by atoms with Crippen molar-refractivity contribution in [2.75, 3.05) is 0 Å². The first-order chi connectivity index (χ1) is 5.75. The van der Waals surface area contributed by atoms with Crippen LogP contribution in [0, 0.1) is 0 Å². The Balaban J connectivity index is -0.000000845. The van der Waals surface area contributed by atoms with Gasteiger partial charge in [-0.1, -0.05) is 0 Å². The van der Waals surface area contributed by atoms with E-state index in [2.05, 4.69) is 0 Å². The van der Waals surface area contributed by atoms with Crippen molar-refractivity contribution in [1.82, 2.24) is 0 Å². The second kappa shape index (κ2) is 4.92. The van der Waals surface area contributed by atoms with Gasteiger partial charge in [0, 0.05) is 0 Å². The largest absolute Gasteiger partial charge is 1.00 e. The average molecular weight is 372 g/mol. The predicted molar refractivity (Wildman–Crippen MR) is 23.1 cm³/mol. The number of halogens is 10. The molecule has 0 unspecified atom stereocenters. The van der Waals surface area contributed by atoms with Crippen molar-refractivity contribution in [3.8, 4) is 0 Å². The summed E-state index contributed by atoms with van der Waals surface area (Å²) in [6, 6.07) is 0. The van der Waals surface area contributed by atoms with Gasteiger partial charge in [0.1, 0.15) is 0 Å². The zero-order valence-corrected chi connectivity index (χ0v) is 13.1. The summed E-state index contributed by atoms with van der Waals surface area (Å²) in [4.78, 5) is 0. The fourth-order valence-electron chi connectivity index (χ4n) is 0.356. The van der Waals surface area contributed by atoms with Crippen LogP contribution in [0.5, 0.6) is 0 Å². The molecule has 0 aliphatic heterocycles. The van der Waals surface area contributed by atoms with Gasteiger partial charge in [-0.05, 0) is 0 Å². The third-order valence-electron chi connectivity index (χ3n) is 1.11. The van der Waals surface area contributed by atoms with Gasteiger partial charge < -0.3 is 1.43 Å². The van der Waals surface area contributed by atoms with Crippen LogP contribution in [-0.4, -0.2) is 24.2 Å². The standard InChI is InChI=1S/C4F10.Cs.H/c5-1(6,3(9,10)11)2(7,8)4(12,13)14;;/q;+1;-1. The summed E-state index contributed by atoms with van der Waals surface area (Å²) in [6.45, 7) is 0. The average Bonchev–Trinajstić information content (AvgIpc) is 1.81. The molecule has 0 fully saturated rings. The van der Waals surface area contributed by atoms with E-state index in [1.807, 2.05) is 0 Å². The summed E-state index contributed by atoms with van der Waals surface area (Å²) in [5, 5.41) is 0. The second-order valence-electron chi connectivity index (χ2n) is 2.14. The molecule has 0 bridgehead atoms. The van der Waals surface area contributed by atoms with Crippen LogP contribution in [-0.2, 0) is 0 Å². The Morgan fingerprint density at radius 1 is 0.467 bits per heavy atom. The van der Waals surface area contributed by atoms with E-state index in [1.165, 1.54) is 0 Å². The van der Waals surface area contributed by atoms with Gasteiger partial charge in [0.2, 0.25) is 0 Å². The molecule has 0 radical (unpaired) electrons. The zero-order valence-electron chi connectivity index (χ0n) is 7.78. The van der Waals surface area contributed by atoms with Crippen molar-refractivity contribution < 1.29 is 114 Å². The minimum atomic E-state index is -7.14. The Bertz CT molecular complexity index is 192. The maximum atomic E-state index is 11.6. The molecule has 0 aromatic rings. The van der Waals surface area contributed by atoms with Crippen molar-refractivity contribution in [3.05, 3.63) is 0 Å². The van der Waals surface area contributed by atoms with Gasteiger partial charge in [-0.25, -0.2) is 0 Å². The quantitative estimate of drug-likeness (QED) is 0.589. The molecule has 0 saturated heterocycles. The van der Waals surface area contributed by atoms with Crippen molar-refractivity contribution in [2.24, 2.45) is 0 Å². The van der Waals surface area contributed by atoms with Gasteiger partial charge in [-0.3, -0.25) is 0 Å². The predicted octanol–water partition coefficient (Wildman–Crippen LogP) is 0.498. The van der Waals surface area contributed by atoms with Crippen LogP contribution in [0.15, 0.2) is 0 Å². The topological polar surface area (TPSA) is 0 Å². The van der Waals surface area contributed by atoms with Gasteiger partial charge in [-0.15, -0.1) is 0 Å². The SMILES string of the molecule is FC(F)(F)C(F)(F)C(F)(F)C(F)(F)F.[Cs+].[H-]. The molecule has 0 nitrogen and oxygen atoms in total.